The number of aromatic nitrogens is 1. The SMILES string of the molecule is COc1ccccc1N1CCN(CCCOc2cc(C(=O)c3cn(CCCC(=O)O)c4ccccc34)ccc2OCc2ccc(F)cc2)CC1. The number of aliphatic carboxylic acids is 1. The number of ketones is 1. The highest BCUT2D eigenvalue weighted by molar-refractivity contribution is 6.16. The Kier molecular flexibility index (Phi) is 11.3. The summed E-state index contributed by atoms with van der Waals surface area (Å²) in [5, 5.41) is 9.91. The Balaban J connectivity index is 1.14. The molecule has 1 aromatic heterocycles. The third-order valence-electron chi connectivity index (χ3n) is 9.01. The Hall–Kier alpha value is -5.35. The number of piperazine rings is 1. The van der Waals surface area contributed by atoms with Gasteiger partial charge in [-0.3, -0.25) is 14.5 Å². The lowest BCUT2D eigenvalue weighted by Gasteiger charge is -2.36. The molecule has 0 spiro atoms. The second-order valence-electron chi connectivity index (χ2n) is 12.4. The van der Waals surface area contributed by atoms with Gasteiger partial charge in [-0.25, -0.2) is 4.39 Å². The predicted molar refractivity (Wildman–Crippen MR) is 191 cm³/mol. The zero-order valence-corrected chi connectivity index (χ0v) is 28.2. The second-order valence-corrected chi connectivity index (χ2v) is 12.4. The number of carboxylic acids is 1. The van der Waals surface area contributed by atoms with Gasteiger partial charge in [-0.15, -0.1) is 0 Å². The molecule has 9 nitrogen and oxygen atoms in total. The number of halogens is 1. The average Bonchev–Trinajstić information content (AvgIpc) is 3.51. The maximum Gasteiger partial charge on any atom is 0.303 e. The summed E-state index contributed by atoms with van der Waals surface area (Å²) in [7, 11) is 1.70. The van der Waals surface area contributed by atoms with Crippen molar-refractivity contribution in [3.8, 4) is 17.2 Å². The molecular formula is C40H42FN3O6. The molecule has 0 unspecified atom stereocenters. The van der Waals surface area contributed by atoms with E-state index in [9.17, 15) is 14.0 Å². The summed E-state index contributed by atoms with van der Waals surface area (Å²) < 4.78 is 33.4. The van der Waals surface area contributed by atoms with Gasteiger partial charge in [-0.2, -0.15) is 0 Å². The highest BCUT2D eigenvalue weighted by Gasteiger charge is 2.21. The van der Waals surface area contributed by atoms with Crippen molar-refractivity contribution in [2.24, 2.45) is 0 Å². The first kappa shape index (κ1) is 34.5. The van der Waals surface area contributed by atoms with Crippen molar-refractivity contribution in [1.82, 2.24) is 9.47 Å². The number of carbonyl (C=O) groups is 2. The number of hydrogen-bond acceptors (Lipinski definition) is 7. The van der Waals surface area contributed by atoms with Crippen LogP contribution in [0, 0.1) is 5.82 Å². The van der Waals surface area contributed by atoms with Crippen molar-refractivity contribution in [1.29, 1.82) is 0 Å². The van der Waals surface area contributed by atoms with Gasteiger partial charge in [0.2, 0.25) is 0 Å². The van der Waals surface area contributed by atoms with Gasteiger partial charge in [-0.1, -0.05) is 42.5 Å². The van der Waals surface area contributed by atoms with Crippen molar-refractivity contribution < 1.29 is 33.3 Å². The zero-order valence-electron chi connectivity index (χ0n) is 28.2. The van der Waals surface area contributed by atoms with Crippen LogP contribution in [0.2, 0.25) is 0 Å². The van der Waals surface area contributed by atoms with Crippen LogP contribution in [0.1, 0.15) is 40.7 Å². The predicted octanol–water partition coefficient (Wildman–Crippen LogP) is 7.05. The molecule has 1 saturated heterocycles. The minimum atomic E-state index is -0.848. The van der Waals surface area contributed by atoms with Crippen molar-refractivity contribution in [2.75, 3.05) is 51.3 Å². The molecule has 260 valence electrons. The summed E-state index contributed by atoms with van der Waals surface area (Å²) in [4.78, 5) is 29.9. The standard InChI is InChI=1S/C40H42FN3O6/c1-48-36-11-5-4-10-35(36)43-23-21-42(22-24-43)19-7-25-49-38-26-30(15-18-37(38)50-28-29-13-16-31(41)17-14-29)40(47)33-27-44(20-6-12-39(45)46)34-9-3-2-8-32(33)34/h2-5,8-11,13-18,26-27H,6-7,12,19-25,28H2,1H3,(H,45,46). The molecule has 0 bridgehead atoms. The van der Waals surface area contributed by atoms with Gasteiger partial charge in [0.1, 0.15) is 18.2 Å². The Bertz CT molecular complexity index is 1920. The zero-order chi connectivity index (χ0) is 34.9. The van der Waals surface area contributed by atoms with Crippen molar-refractivity contribution >= 4 is 28.3 Å². The minimum absolute atomic E-state index is 0.0506. The Labute approximate surface area is 291 Å². The van der Waals surface area contributed by atoms with E-state index in [1.54, 1.807) is 37.4 Å². The topological polar surface area (TPSA) is 93.5 Å². The van der Waals surface area contributed by atoms with E-state index in [0.29, 0.717) is 42.2 Å². The lowest BCUT2D eigenvalue weighted by atomic mass is 10.0. The number of hydrogen-bond donors (Lipinski definition) is 1. The minimum Gasteiger partial charge on any atom is -0.495 e. The molecule has 0 saturated carbocycles. The molecule has 4 aromatic carbocycles. The summed E-state index contributed by atoms with van der Waals surface area (Å²) in [5.74, 6) is 0.510. The van der Waals surface area contributed by atoms with Crippen molar-refractivity contribution in [3.05, 3.63) is 120 Å². The third-order valence-corrected chi connectivity index (χ3v) is 9.01. The summed E-state index contributed by atoms with van der Waals surface area (Å²) >= 11 is 0. The fraction of sp³-hybridized carbons (Fsp3) is 0.300. The molecule has 5 aromatic rings. The first-order valence-corrected chi connectivity index (χ1v) is 17.0. The summed E-state index contributed by atoms with van der Waals surface area (Å²) in [6, 6.07) is 27.1. The van der Waals surface area contributed by atoms with E-state index in [1.807, 2.05) is 53.2 Å². The molecule has 0 aliphatic carbocycles. The fourth-order valence-electron chi connectivity index (χ4n) is 6.37. The van der Waals surface area contributed by atoms with Crippen LogP contribution in [-0.2, 0) is 17.9 Å². The van der Waals surface area contributed by atoms with Gasteiger partial charge < -0.3 is 28.8 Å². The molecular weight excluding hydrogens is 637 g/mol. The average molecular weight is 680 g/mol. The molecule has 2 heterocycles. The number of aryl methyl sites for hydroxylation is 1. The molecule has 1 fully saturated rings. The summed E-state index contributed by atoms with van der Waals surface area (Å²) in [6.07, 6.45) is 3.10. The Morgan fingerprint density at radius 3 is 2.34 bits per heavy atom. The summed E-state index contributed by atoms with van der Waals surface area (Å²) in [5.41, 5.74) is 3.79. The van der Waals surface area contributed by atoms with E-state index in [2.05, 4.69) is 15.9 Å². The highest BCUT2D eigenvalue weighted by atomic mass is 19.1. The Morgan fingerprint density at radius 2 is 1.56 bits per heavy atom. The van der Waals surface area contributed by atoms with E-state index >= 15 is 0 Å². The lowest BCUT2D eigenvalue weighted by Crippen LogP contribution is -2.46. The Morgan fingerprint density at radius 1 is 0.800 bits per heavy atom. The molecule has 1 aliphatic heterocycles. The molecule has 10 heteroatoms. The number of carboxylic acid groups (broad SMARTS) is 1. The van der Waals surface area contributed by atoms with Crippen molar-refractivity contribution in [2.45, 2.75) is 32.4 Å². The molecule has 0 amide bonds. The fourth-order valence-corrected chi connectivity index (χ4v) is 6.37. The van der Waals surface area contributed by atoms with Crippen LogP contribution >= 0.6 is 0 Å². The molecule has 0 atom stereocenters. The molecule has 50 heavy (non-hydrogen) atoms. The van der Waals surface area contributed by atoms with Gasteiger partial charge in [0, 0.05) is 73.9 Å². The maximum absolute atomic E-state index is 14.0. The third kappa shape index (κ3) is 8.44. The van der Waals surface area contributed by atoms with Gasteiger partial charge in [0.25, 0.3) is 0 Å². The lowest BCUT2D eigenvalue weighted by molar-refractivity contribution is -0.137. The van der Waals surface area contributed by atoms with E-state index in [1.165, 1.54) is 12.1 Å². The normalized spacial score (nSPS) is 13.4. The van der Waals surface area contributed by atoms with Crippen LogP contribution in [0.15, 0.2) is 97.2 Å². The quantitative estimate of drug-likeness (QED) is 0.0876. The van der Waals surface area contributed by atoms with Gasteiger partial charge >= 0.3 is 5.97 Å². The highest BCUT2D eigenvalue weighted by Crippen LogP contribution is 2.33. The van der Waals surface area contributed by atoms with Gasteiger partial charge in [0.15, 0.2) is 17.3 Å². The number of ether oxygens (including phenoxy) is 3. The first-order chi connectivity index (χ1) is 24.4. The van der Waals surface area contributed by atoms with E-state index in [0.717, 1.165) is 67.0 Å². The number of anilines is 1. The van der Waals surface area contributed by atoms with E-state index < -0.39 is 5.97 Å². The van der Waals surface area contributed by atoms with Crippen molar-refractivity contribution in [3.63, 3.8) is 0 Å². The van der Waals surface area contributed by atoms with E-state index in [4.69, 9.17) is 19.3 Å². The number of nitrogens with zero attached hydrogens (tertiary/aromatic N) is 3. The number of benzene rings is 4. The number of para-hydroxylation sites is 3. The number of fused-ring (bicyclic) bond motifs is 1. The molecule has 0 radical (unpaired) electrons. The van der Waals surface area contributed by atoms with Crippen LogP contribution in [0.3, 0.4) is 0 Å². The first-order valence-electron chi connectivity index (χ1n) is 17.0. The number of rotatable bonds is 16. The molecule has 1 N–H and O–H groups in total. The monoisotopic (exact) mass is 679 g/mol. The summed E-state index contributed by atoms with van der Waals surface area (Å²) in [6.45, 7) is 5.66. The van der Waals surface area contributed by atoms with Crippen LogP contribution < -0.4 is 19.1 Å². The van der Waals surface area contributed by atoms with Crippen LogP contribution in [-0.4, -0.2) is 72.8 Å². The van der Waals surface area contributed by atoms with Gasteiger partial charge in [-0.05, 0) is 66.9 Å². The van der Waals surface area contributed by atoms with Crippen LogP contribution in [0.5, 0.6) is 17.2 Å². The van der Waals surface area contributed by atoms with Crippen LogP contribution in [0.25, 0.3) is 10.9 Å². The number of methoxy groups -OCH3 is 1. The van der Waals surface area contributed by atoms with Gasteiger partial charge in [0.05, 0.1) is 19.4 Å². The largest absolute Gasteiger partial charge is 0.495 e. The maximum atomic E-state index is 14.0. The smallest absolute Gasteiger partial charge is 0.303 e. The second kappa shape index (κ2) is 16.4. The van der Waals surface area contributed by atoms with Crippen LogP contribution in [0.4, 0.5) is 10.1 Å². The number of carbonyl (C=O) groups excluding carboxylic acids is 1. The molecule has 6 rings (SSSR count). The molecule has 1 aliphatic rings. The van der Waals surface area contributed by atoms with E-state index in [-0.39, 0.29) is 24.6 Å².